The van der Waals surface area contributed by atoms with E-state index in [2.05, 4.69) is 25.2 Å². The summed E-state index contributed by atoms with van der Waals surface area (Å²) in [7, 11) is 0. The molecule has 1 N–H and O–H groups in total. The van der Waals surface area contributed by atoms with Gasteiger partial charge in [-0.15, -0.1) is 0 Å². The van der Waals surface area contributed by atoms with E-state index in [9.17, 15) is 4.79 Å². The number of nitrogens with zero attached hydrogens (tertiary/aromatic N) is 1. The van der Waals surface area contributed by atoms with E-state index >= 15 is 0 Å². The highest BCUT2D eigenvalue weighted by atomic mass is 16.1. The normalized spacial score (nSPS) is 10.2. The molecular formula is C16H22N2O. The SMILES string of the molecule is CCCC(CCC)C(=O)Nc1ccc(CC#N)cc1. The lowest BCUT2D eigenvalue weighted by molar-refractivity contribution is -0.120. The van der Waals surface area contributed by atoms with Gasteiger partial charge in [0.05, 0.1) is 12.5 Å². The quantitative estimate of drug-likeness (QED) is 0.806. The Morgan fingerprint density at radius 1 is 1.21 bits per heavy atom. The van der Waals surface area contributed by atoms with Gasteiger partial charge in [-0.2, -0.15) is 5.26 Å². The van der Waals surface area contributed by atoms with E-state index in [-0.39, 0.29) is 11.8 Å². The first-order valence-electron chi connectivity index (χ1n) is 6.98. The number of amides is 1. The zero-order valence-corrected chi connectivity index (χ0v) is 11.8. The van der Waals surface area contributed by atoms with Crippen LogP contribution in [0.5, 0.6) is 0 Å². The molecule has 0 fully saturated rings. The summed E-state index contributed by atoms with van der Waals surface area (Å²) >= 11 is 0. The van der Waals surface area contributed by atoms with E-state index < -0.39 is 0 Å². The number of nitrogens with one attached hydrogen (secondary N) is 1. The third-order valence-corrected chi connectivity index (χ3v) is 3.15. The molecule has 0 aromatic heterocycles. The van der Waals surface area contributed by atoms with Gasteiger partial charge in [0.1, 0.15) is 0 Å². The van der Waals surface area contributed by atoms with Gasteiger partial charge in [-0.25, -0.2) is 0 Å². The molecule has 0 unspecified atom stereocenters. The fraction of sp³-hybridized carbons (Fsp3) is 0.500. The van der Waals surface area contributed by atoms with Crippen LogP contribution in [0.2, 0.25) is 0 Å². The van der Waals surface area contributed by atoms with Gasteiger partial charge in [-0.1, -0.05) is 38.8 Å². The van der Waals surface area contributed by atoms with Gasteiger partial charge in [0, 0.05) is 11.6 Å². The Hall–Kier alpha value is -1.82. The fourth-order valence-electron chi connectivity index (χ4n) is 2.14. The second kappa shape index (κ2) is 8.31. The van der Waals surface area contributed by atoms with E-state index in [1.165, 1.54) is 0 Å². The molecule has 0 saturated heterocycles. The summed E-state index contributed by atoms with van der Waals surface area (Å²) < 4.78 is 0. The van der Waals surface area contributed by atoms with E-state index in [0.717, 1.165) is 36.9 Å². The highest BCUT2D eigenvalue weighted by Crippen LogP contribution is 2.17. The number of nitriles is 1. The molecule has 0 spiro atoms. The first-order chi connectivity index (χ1) is 9.21. The first kappa shape index (κ1) is 15.2. The van der Waals surface area contributed by atoms with Crippen molar-refractivity contribution in [3.63, 3.8) is 0 Å². The molecule has 0 aliphatic heterocycles. The maximum atomic E-state index is 12.1. The summed E-state index contributed by atoms with van der Waals surface area (Å²) in [4.78, 5) is 12.1. The van der Waals surface area contributed by atoms with Crippen LogP contribution in [-0.4, -0.2) is 5.91 Å². The lowest BCUT2D eigenvalue weighted by atomic mass is 9.97. The largest absolute Gasteiger partial charge is 0.326 e. The number of benzene rings is 1. The zero-order valence-electron chi connectivity index (χ0n) is 11.8. The molecule has 0 bridgehead atoms. The average molecular weight is 258 g/mol. The van der Waals surface area contributed by atoms with Crippen molar-refractivity contribution >= 4 is 11.6 Å². The highest BCUT2D eigenvalue weighted by molar-refractivity contribution is 5.92. The van der Waals surface area contributed by atoms with Crippen molar-refractivity contribution in [1.29, 1.82) is 5.26 Å². The van der Waals surface area contributed by atoms with Crippen molar-refractivity contribution in [2.75, 3.05) is 5.32 Å². The van der Waals surface area contributed by atoms with E-state index in [1.54, 1.807) is 0 Å². The van der Waals surface area contributed by atoms with E-state index in [1.807, 2.05) is 24.3 Å². The molecule has 0 heterocycles. The smallest absolute Gasteiger partial charge is 0.227 e. The van der Waals surface area contributed by atoms with Crippen LogP contribution in [0.4, 0.5) is 5.69 Å². The maximum Gasteiger partial charge on any atom is 0.227 e. The summed E-state index contributed by atoms with van der Waals surface area (Å²) in [6, 6.07) is 9.59. The Balaban J connectivity index is 2.61. The Morgan fingerprint density at radius 3 is 2.26 bits per heavy atom. The second-order valence-electron chi connectivity index (χ2n) is 4.80. The summed E-state index contributed by atoms with van der Waals surface area (Å²) in [6.07, 6.45) is 4.33. The van der Waals surface area contributed by atoms with Crippen LogP contribution in [0.3, 0.4) is 0 Å². The lowest BCUT2D eigenvalue weighted by Gasteiger charge is -2.15. The summed E-state index contributed by atoms with van der Waals surface area (Å²) in [5, 5.41) is 11.6. The minimum absolute atomic E-state index is 0.105. The molecule has 0 atom stereocenters. The van der Waals surface area contributed by atoms with Gasteiger partial charge in [-0.3, -0.25) is 4.79 Å². The van der Waals surface area contributed by atoms with Gasteiger partial charge in [-0.05, 0) is 30.5 Å². The van der Waals surface area contributed by atoms with Gasteiger partial charge in [0.2, 0.25) is 5.91 Å². The molecule has 0 aliphatic carbocycles. The van der Waals surface area contributed by atoms with Crippen molar-refractivity contribution in [2.45, 2.75) is 46.0 Å². The molecule has 0 aliphatic rings. The van der Waals surface area contributed by atoms with Crippen LogP contribution >= 0.6 is 0 Å². The Kier molecular flexibility index (Phi) is 6.67. The molecule has 1 aromatic carbocycles. The molecule has 3 heteroatoms. The number of carbonyl (C=O) groups is 1. The number of hydrogen-bond donors (Lipinski definition) is 1. The van der Waals surface area contributed by atoms with Crippen LogP contribution in [0.25, 0.3) is 0 Å². The summed E-state index contributed by atoms with van der Waals surface area (Å²) in [5.74, 6) is 0.213. The van der Waals surface area contributed by atoms with E-state index in [0.29, 0.717) is 6.42 Å². The highest BCUT2D eigenvalue weighted by Gasteiger charge is 2.16. The standard InChI is InChI=1S/C16H22N2O/c1-3-5-14(6-4-2)16(19)18-15-9-7-13(8-10-15)11-12-17/h7-10,14H,3-6,11H2,1-2H3,(H,18,19). The Bertz CT molecular complexity index is 425. The molecule has 19 heavy (non-hydrogen) atoms. The van der Waals surface area contributed by atoms with Crippen molar-refractivity contribution in [3.8, 4) is 6.07 Å². The van der Waals surface area contributed by atoms with Crippen LogP contribution in [-0.2, 0) is 11.2 Å². The molecule has 1 aromatic rings. The maximum absolute atomic E-state index is 12.1. The Morgan fingerprint density at radius 2 is 1.79 bits per heavy atom. The van der Waals surface area contributed by atoms with Crippen molar-refractivity contribution < 1.29 is 4.79 Å². The predicted molar refractivity (Wildman–Crippen MR) is 77.7 cm³/mol. The van der Waals surface area contributed by atoms with Crippen molar-refractivity contribution in [2.24, 2.45) is 5.92 Å². The van der Waals surface area contributed by atoms with Crippen LogP contribution in [0.1, 0.15) is 45.1 Å². The molecule has 0 radical (unpaired) electrons. The minimum atomic E-state index is 0.105. The third-order valence-electron chi connectivity index (χ3n) is 3.15. The minimum Gasteiger partial charge on any atom is -0.326 e. The van der Waals surface area contributed by atoms with Crippen molar-refractivity contribution in [1.82, 2.24) is 0 Å². The van der Waals surface area contributed by atoms with Crippen LogP contribution in [0.15, 0.2) is 24.3 Å². The van der Waals surface area contributed by atoms with Gasteiger partial charge in [0.25, 0.3) is 0 Å². The summed E-state index contributed by atoms with van der Waals surface area (Å²) in [6.45, 7) is 4.21. The number of hydrogen-bond acceptors (Lipinski definition) is 2. The van der Waals surface area contributed by atoms with Crippen molar-refractivity contribution in [3.05, 3.63) is 29.8 Å². The van der Waals surface area contributed by atoms with Gasteiger partial charge >= 0.3 is 0 Å². The fourth-order valence-corrected chi connectivity index (χ4v) is 2.14. The number of anilines is 1. The Labute approximate surface area is 115 Å². The molecule has 3 nitrogen and oxygen atoms in total. The molecular weight excluding hydrogens is 236 g/mol. The number of carbonyl (C=O) groups excluding carboxylic acids is 1. The third kappa shape index (κ3) is 5.13. The topological polar surface area (TPSA) is 52.9 Å². The number of rotatable bonds is 7. The van der Waals surface area contributed by atoms with Gasteiger partial charge < -0.3 is 5.32 Å². The summed E-state index contributed by atoms with van der Waals surface area (Å²) in [5.41, 5.74) is 1.78. The van der Waals surface area contributed by atoms with Crippen LogP contribution < -0.4 is 5.32 Å². The zero-order chi connectivity index (χ0) is 14.1. The molecule has 1 rings (SSSR count). The first-order valence-corrected chi connectivity index (χ1v) is 6.98. The van der Waals surface area contributed by atoms with Gasteiger partial charge in [0.15, 0.2) is 0 Å². The predicted octanol–water partition coefficient (Wildman–Crippen LogP) is 3.91. The molecule has 1 amide bonds. The molecule has 0 saturated carbocycles. The lowest BCUT2D eigenvalue weighted by Crippen LogP contribution is -2.22. The van der Waals surface area contributed by atoms with Crippen LogP contribution in [0, 0.1) is 17.2 Å². The van der Waals surface area contributed by atoms with E-state index in [4.69, 9.17) is 5.26 Å². The monoisotopic (exact) mass is 258 g/mol. The molecule has 102 valence electrons. The average Bonchev–Trinajstić information content (AvgIpc) is 2.41. The second-order valence-corrected chi connectivity index (χ2v) is 4.80.